The van der Waals surface area contributed by atoms with Gasteiger partial charge in [-0.2, -0.15) is 0 Å². The van der Waals surface area contributed by atoms with Gasteiger partial charge in [0.2, 0.25) is 0 Å². The third-order valence-corrected chi connectivity index (χ3v) is 4.40. The first kappa shape index (κ1) is 12.9. The van der Waals surface area contributed by atoms with Crippen LogP contribution in [0.15, 0.2) is 30.3 Å². The largest absolute Gasteiger partial charge is 0.314 e. The van der Waals surface area contributed by atoms with Crippen molar-refractivity contribution >= 4 is 15.9 Å². The van der Waals surface area contributed by atoms with E-state index in [2.05, 4.69) is 67.9 Å². The predicted molar refractivity (Wildman–Crippen MR) is 79.4 cm³/mol. The van der Waals surface area contributed by atoms with Crippen LogP contribution in [0, 0.1) is 0 Å². The van der Waals surface area contributed by atoms with Crippen LogP contribution in [-0.2, 0) is 17.3 Å². The van der Waals surface area contributed by atoms with Crippen molar-refractivity contribution in [3.63, 3.8) is 0 Å². The molecule has 3 rings (SSSR count). The Kier molecular flexibility index (Phi) is 3.44. The van der Waals surface area contributed by atoms with Crippen LogP contribution in [-0.4, -0.2) is 14.8 Å². The van der Waals surface area contributed by atoms with E-state index < -0.39 is 0 Å². The molecule has 0 radical (unpaired) electrons. The average molecular weight is 320 g/mol. The van der Waals surface area contributed by atoms with E-state index in [1.165, 1.54) is 18.4 Å². The quantitative estimate of drug-likeness (QED) is 0.787. The number of aromatic nitrogens is 3. The topological polar surface area (TPSA) is 30.7 Å². The molecule has 19 heavy (non-hydrogen) atoms. The molecule has 3 nitrogen and oxygen atoms in total. The van der Waals surface area contributed by atoms with Crippen LogP contribution in [0.2, 0.25) is 0 Å². The summed E-state index contributed by atoms with van der Waals surface area (Å²) in [6, 6.07) is 10.7. The molecule has 1 aliphatic carbocycles. The maximum Gasteiger partial charge on any atom is 0.143 e. The highest BCUT2D eigenvalue weighted by atomic mass is 79.9. The lowest BCUT2D eigenvalue weighted by molar-refractivity contribution is 0.589. The van der Waals surface area contributed by atoms with Gasteiger partial charge in [0, 0.05) is 6.54 Å². The summed E-state index contributed by atoms with van der Waals surface area (Å²) in [4.78, 5) is 0. The number of hydrogen-bond donors (Lipinski definition) is 0. The highest BCUT2D eigenvalue weighted by Gasteiger charge is 2.50. The molecule has 100 valence electrons. The van der Waals surface area contributed by atoms with E-state index in [9.17, 15) is 0 Å². The highest BCUT2D eigenvalue weighted by Crippen LogP contribution is 2.52. The summed E-state index contributed by atoms with van der Waals surface area (Å²) in [5.74, 6) is 2.19. The van der Waals surface area contributed by atoms with E-state index in [1.54, 1.807) is 0 Å². The molecule has 1 heterocycles. The molecule has 1 fully saturated rings. The van der Waals surface area contributed by atoms with Crippen molar-refractivity contribution in [2.75, 3.05) is 0 Å². The monoisotopic (exact) mass is 319 g/mol. The fourth-order valence-electron chi connectivity index (χ4n) is 2.77. The number of nitrogens with zero attached hydrogens (tertiary/aromatic N) is 3. The third kappa shape index (κ3) is 2.12. The van der Waals surface area contributed by atoms with E-state index >= 15 is 0 Å². The molecule has 0 N–H and O–H groups in total. The molecule has 0 atom stereocenters. The molecule has 0 unspecified atom stereocenters. The van der Waals surface area contributed by atoms with Gasteiger partial charge in [-0.1, -0.05) is 53.2 Å². The molecule has 1 aromatic heterocycles. The Bertz CT molecular complexity index is 558. The van der Waals surface area contributed by atoms with E-state index in [4.69, 9.17) is 0 Å². The van der Waals surface area contributed by atoms with Crippen molar-refractivity contribution in [2.45, 2.75) is 43.5 Å². The SMILES string of the molecule is CCCn1c(CBr)nnc1C1(c2ccccc2)CC1. The van der Waals surface area contributed by atoms with Crippen LogP contribution in [0.1, 0.15) is 43.4 Å². The second-order valence-electron chi connectivity index (χ2n) is 5.17. The number of benzene rings is 1. The first-order valence-electron chi connectivity index (χ1n) is 6.86. The fourth-order valence-corrected chi connectivity index (χ4v) is 3.19. The Hall–Kier alpha value is -1.16. The van der Waals surface area contributed by atoms with Crippen molar-refractivity contribution in [1.29, 1.82) is 0 Å². The molecule has 1 aliphatic rings. The first-order chi connectivity index (χ1) is 9.31. The lowest BCUT2D eigenvalue weighted by Gasteiger charge is -2.17. The van der Waals surface area contributed by atoms with Crippen LogP contribution in [0.25, 0.3) is 0 Å². The standard InChI is InChI=1S/C15H18BrN3/c1-2-10-19-13(11-16)17-18-14(19)15(8-9-15)12-6-4-3-5-7-12/h3-7H,2,8-11H2,1H3. The Morgan fingerprint density at radius 3 is 2.53 bits per heavy atom. The summed E-state index contributed by atoms with van der Waals surface area (Å²) < 4.78 is 2.30. The second-order valence-corrected chi connectivity index (χ2v) is 5.73. The molecule has 0 amide bonds. The summed E-state index contributed by atoms with van der Waals surface area (Å²) in [6.45, 7) is 3.20. The van der Waals surface area contributed by atoms with Crippen molar-refractivity contribution < 1.29 is 0 Å². The predicted octanol–water partition coefficient (Wildman–Crippen LogP) is 3.66. The number of alkyl halides is 1. The minimum atomic E-state index is 0.115. The molecular formula is C15H18BrN3. The summed E-state index contributed by atoms with van der Waals surface area (Å²) in [5, 5.41) is 9.62. The van der Waals surface area contributed by atoms with Gasteiger partial charge in [0.1, 0.15) is 11.6 Å². The lowest BCUT2D eigenvalue weighted by Crippen LogP contribution is -2.17. The molecule has 0 aliphatic heterocycles. The van der Waals surface area contributed by atoms with Crippen LogP contribution in [0.3, 0.4) is 0 Å². The third-order valence-electron chi connectivity index (χ3n) is 3.90. The Labute approximate surface area is 122 Å². The molecule has 0 saturated heterocycles. The number of hydrogen-bond acceptors (Lipinski definition) is 2. The molecule has 1 saturated carbocycles. The summed E-state index contributed by atoms with van der Waals surface area (Å²) >= 11 is 3.51. The minimum absolute atomic E-state index is 0.115. The van der Waals surface area contributed by atoms with E-state index in [1.807, 2.05) is 0 Å². The van der Waals surface area contributed by atoms with E-state index in [-0.39, 0.29) is 5.41 Å². The Balaban J connectivity index is 2.05. The molecule has 4 heteroatoms. The first-order valence-corrected chi connectivity index (χ1v) is 7.98. The summed E-state index contributed by atoms with van der Waals surface area (Å²) in [7, 11) is 0. The number of rotatable bonds is 5. The van der Waals surface area contributed by atoms with Gasteiger partial charge in [-0.15, -0.1) is 10.2 Å². The summed E-state index contributed by atoms with van der Waals surface area (Å²) in [5.41, 5.74) is 1.49. The molecule has 2 aromatic rings. The van der Waals surface area contributed by atoms with Gasteiger partial charge in [0.15, 0.2) is 0 Å². The van der Waals surface area contributed by atoms with Gasteiger partial charge in [0.25, 0.3) is 0 Å². The van der Waals surface area contributed by atoms with Gasteiger partial charge in [-0.05, 0) is 24.8 Å². The normalized spacial score (nSPS) is 16.5. The van der Waals surface area contributed by atoms with E-state index in [0.717, 1.165) is 29.9 Å². The maximum absolute atomic E-state index is 4.50. The molecule has 1 aromatic carbocycles. The fraction of sp³-hybridized carbons (Fsp3) is 0.467. The zero-order chi connectivity index (χ0) is 13.3. The van der Waals surface area contributed by atoms with Crippen molar-refractivity contribution in [1.82, 2.24) is 14.8 Å². The molecular weight excluding hydrogens is 302 g/mol. The minimum Gasteiger partial charge on any atom is -0.314 e. The maximum atomic E-state index is 4.50. The number of halogens is 1. The Morgan fingerprint density at radius 1 is 1.21 bits per heavy atom. The van der Waals surface area contributed by atoms with Crippen LogP contribution in [0.4, 0.5) is 0 Å². The van der Waals surface area contributed by atoms with Gasteiger partial charge < -0.3 is 4.57 Å². The molecule has 0 bridgehead atoms. The second kappa shape index (κ2) is 5.08. The van der Waals surface area contributed by atoms with E-state index in [0.29, 0.717) is 0 Å². The average Bonchev–Trinajstić information content (AvgIpc) is 3.17. The van der Waals surface area contributed by atoms with Crippen LogP contribution < -0.4 is 0 Å². The van der Waals surface area contributed by atoms with Gasteiger partial charge in [-0.3, -0.25) is 0 Å². The lowest BCUT2D eigenvalue weighted by atomic mass is 9.95. The van der Waals surface area contributed by atoms with Gasteiger partial charge in [-0.25, -0.2) is 0 Å². The van der Waals surface area contributed by atoms with Crippen LogP contribution >= 0.6 is 15.9 Å². The van der Waals surface area contributed by atoms with Crippen molar-refractivity contribution in [3.05, 3.63) is 47.5 Å². The van der Waals surface area contributed by atoms with Crippen LogP contribution in [0.5, 0.6) is 0 Å². The van der Waals surface area contributed by atoms with Crippen molar-refractivity contribution in [3.8, 4) is 0 Å². The zero-order valence-electron chi connectivity index (χ0n) is 11.1. The van der Waals surface area contributed by atoms with Gasteiger partial charge in [0.05, 0.1) is 10.7 Å². The molecule has 0 spiro atoms. The Morgan fingerprint density at radius 2 is 1.95 bits per heavy atom. The van der Waals surface area contributed by atoms with Gasteiger partial charge >= 0.3 is 0 Å². The summed E-state index contributed by atoms with van der Waals surface area (Å²) in [6.07, 6.45) is 3.47. The van der Waals surface area contributed by atoms with Crippen molar-refractivity contribution in [2.24, 2.45) is 0 Å². The zero-order valence-corrected chi connectivity index (χ0v) is 12.7. The highest BCUT2D eigenvalue weighted by molar-refractivity contribution is 9.08. The smallest absolute Gasteiger partial charge is 0.143 e.